The number of methoxy groups -OCH3 is 1. The fourth-order valence-electron chi connectivity index (χ4n) is 1.75. The Morgan fingerprint density at radius 1 is 1.18 bits per heavy atom. The molecule has 1 aromatic rings. The zero-order valence-corrected chi connectivity index (χ0v) is 11.0. The maximum atomic E-state index is 10.1. The second kappa shape index (κ2) is 6.74. The lowest BCUT2D eigenvalue weighted by Crippen LogP contribution is -2.26. The molecule has 3 nitrogen and oxygen atoms in total. The largest absolute Gasteiger partial charge is 0.386 e. The van der Waals surface area contributed by atoms with E-state index in [1.807, 2.05) is 45.0 Å². The Hall–Kier alpha value is -0.900. The minimum Gasteiger partial charge on any atom is -0.386 e. The van der Waals surface area contributed by atoms with E-state index in [1.54, 1.807) is 7.11 Å². The highest BCUT2D eigenvalue weighted by molar-refractivity contribution is 5.23. The maximum absolute atomic E-state index is 10.1. The van der Waals surface area contributed by atoms with E-state index in [9.17, 15) is 5.11 Å². The molecule has 17 heavy (non-hydrogen) atoms. The summed E-state index contributed by atoms with van der Waals surface area (Å²) in [5.41, 5.74) is 2.06. The van der Waals surface area contributed by atoms with E-state index in [-0.39, 0.29) is 12.2 Å². The highest BCUT2D eigenvalue weighted by Gasteiger charge is 2.19. The number of aliphatic hydroxyl groups is 1. The molecule has 0 saturated carbocycles. The molecule has 0 spiro atoms. The Kier molecular flexibility index (Phi) is 5.62. The topological polar surface area (TPSA) is 38.7 Å². The van der Waals surface area contributed by atoms with Crippen LogP contribution in [0.2, 0.25) is 0 Å². The number of aliphatic hydroxyl groups excluding tert-OH is 1. The second-order valence-electron chi connectivity index (χ2n) is 4.46. The summed E-state index contributed by atoms with van der Waals surface area (Å²) in [5.74, 6) is 0. The Morgan fingerprint density at radius 2 is 1.76 bits per heavy atom. The first-order valence-corrected chi connectivity index (χ1v) is 5.93. The minimum atomic E-state index is -0.602. The molecule has 1 aromatic carbocycles. The van der Waals surface area contributed by atoms with Crippen molar-refractivity contribution >= 4 is 0 Å². The van der Waals surface area contributed by atoms with E-state index in [2.05, 4.69) is 0 Å². The normalized spacial score (nSPS) is 16.5. The van der Waals surface area contributed by atoms with Gasteiger partial charge in [-0.1, -0.05) is 29.8 Å². The van der Waals surface area contributed by atoms with Gasteiger partial charge in [0.25, 0.3) is 0 Å². The third-order valence-electron chi connectivity index (χ3n) is 2.71. The van der Waals surface area contributed by atoms with Crippen LogP contribution in [0.5, 0.6) is 0 Å². The fraction of sp³-hybridized carbons (Fsp3) is 0.571. The molecule has 0 fully saturated rings. The van der Waals surface area contributed by atoms with Crippen molar-refractivity contribution < 1.29 is 14.6 Å². The summed E-state index contributed by atoms with van der Waals surface area (Å²) in [6.45, 7) is 6.36. The van der Waals surface area contributed by atoms with E-state index in [1.165, 1.54) is 5.56 Å². The van der Waals surface area contributed by atoms with Gasteiger partial charge in [0.05, 0.1) is 18.8 Å². The molecule has 0 aromatic heterocycles. The molecule has 3 atom stereocenters. The lowest BCUT2D eigenvalue weighted by atomic mass is 10.0. The first-order chi connectivity index (χ1) is 8.04. The highest BCUT2D eigenvalue weighted by Crippen LogP contribution is 2.20. The summed E-state index contributed by atoms with van der Waals surface area (Å²) in [6, 6.07) is 7.84. The second-order valence-corrected chi connectivity index (χ2v) is 4.46. The number of hydrogen-bond acceptors (Lipinski definition) is 3. The highest BCUT2D eigenvalue weighted by atomic mass is 16.5. The van der Waals surface area contributed by atoms with Crippen LogP contribution in [0.1, 0.15) is 31.1 Å². The third-order valence-corrected chi connectivity index (χ3v) is 2.71. The molecule has 0 radical (unpaired) electrons. The monoisotopic (exact) mass is 238 g/mol. The molecule has 0 amide bonds. The Balaban J connectivity index is 2.56. The van der Waals surface area contributed by atoms with Crippen LogP contribution < -0.4 is 0 Å². The van der Waals surface area contributed by atoms with Crippen LogP contribution in [0.15, 0.2) is 24.3 Å². The Labute approximate surface area is 103 Å². The van der Waals surface area contributed by atoms with Gasteiger partial charge in [-0.3, -0.25) is 0 Å². The molecule has 0 aliphatic heterocycles. The standard InChI is InChI=1S/C14H22O3/c1-10-5-7-13(8-6-10)14(15)12(3)17-11(2)9-16-4/h5-8,11-12,14-15H,9H2,1-4H3. The quantitative estimate of drug-likeness (QED) is 0.827. The Morgan fingerprint density at radius 3 is 2.29 bits per heavy atom. The van der Waals surface area contributed by atoms with Crippen molar-refractivity contribution in [3.63, 3.8) is 0 Å². The molecule has 96 valence electrons. The van der Waals surface area contributed by atoms with Crippen LogP contribution in [0, 0.1) is 6.92 Å². The van der Waals surface area contributed by atoms with Crippen LogP contribution in [-0.2, 0) is 9.47 Å². The number of hydrogen-bond donors (Lipinski definition) is 1. The number of rotatable bonds is 6. The summed E-state index contributed by atoms with van der Waals surface area (Å²) in [4.78, 5) is 0. The van der Waals surface area contributed by atoms with Crippen LogP contribution >= 0.6 is 0 Å². The number of aryl methyl sites for hydroxylation is 1. The lowest BCUT2D eigenvalue weighted by Gasteiger charge is -2.23. The van der Waals surface area contributed by atoms with Crippen LogP contribution in [-0.4, -0.2) is 31.0 Å². The average Bonchev–Trinajstić information content (AvgIpc) is 2.29. The summed E-state index contributed by atoms with van der Waals surface area (Å²) in [5, 5.41) is 10.1. The van der Waals surface area contributed by atoms with Gasteiger partial charge in [-0.25, -0.2) is 0 Å². The van der Waals surface area contributed by atoms with Gasteiger partial charge in [-0.15, -0.1) is 0 Å². The smallest absolute Gasteiger partial charge is 0.105 e. The van der Waals surface area contributed by atoms with Gasteiger partial charge < -0.3 is 14.6 Å². The predicted octanol–water partition coefficient (Wildman–Crippen LogP) is 2.47. The van der Waals surface area contributed by atoms with Crippen molar-refractivity contribution in [1.29, 1.82) is 0 Å². The molecular formula is C14H22O3. The average molecular weight is 238 g/mol. The molecule has 1 N–H and O–H groups in total. The van der Waals surface area contributed by atoms with E-state index in [4.69, 9.17) is 9.47 Å². The fourth-order valence-corrected chi connectivity index (χ4v) is 1.75. The van der Waals surface area contributed by atoms with Gasteiger partial charge in [0.15, 0.2) is 0 Å². The molecule has 0 aliphatic carbocycles. The molecule has 0 saturated heterocycles. The molecule has 0 aliphatic rings. The van der Waals surface area contributed by atoms with Crippen LogP contribution in [0.3, 0.4) is 0 Å². The van der Waals surface area contributed by atoms with Crippen molar-refractivity contribution in [3.05, 3.63) is 35.4 Å². The van der Waals surface area contributed by atoms with E-state index in [0.29, 0.717) is 6.61 Å². The van der Waals surface area contributed by atoms with Crippen molar-refractivity contribution in [2.24, 2.45) is 0 Å². The molecule has 0 bridgehead atoms. The van der Waals surface area contributed by atoms with Crippen molar-refractivity contribution in [2.45, 2.75) is 39.1 Å². The SMILES string of the molecule is COCC(C)OC(C)C(O)c1ccc(C)cc1. The molecule has 1 rings (SSSR count). The summed E-state index contributed by atoms with van der Waals surface area (Å²) in [7, 11) is 1.64. The van der Waals surface area contributed by atoms with E-state index in [0.717, 1.165) is 5.56 Å². The van der Waals surface area contributed by atoms with Gasteiger partial charge >= 0.3 is 0 Å². The summed E-state index contributed by atoms with van der Waals surface area (Å²) < 4.78 is 10.7. The van der Waals surface area contributed by atoms with Gasteiger partial charge in [-0.2, -0.15) is 0 Å². The minimum absolute atomic E-state index is 0.0184. The summed E-state index contributed by atoms with van der Waals surface area (Å²) in [6.07, 6.45) is -0.868. The van der Waals surface area contributed by atoms with E-state index >= 15 is 0 Å². The first-order valence-electron chi connectivity index (χ1n) is 5.93. The van der Waals surface area contributed by atoms with Crippen LogP contribution in [0.25, 0.3) is 0 Å². The predicted molar refractivity (Wildman–Crippen MR) is 68.0 cm³/mol. The molecular weight excluding hydrogens is 216 g/mol. The zero-order valence-electron chi connectivity index (χ0n) is 11.0. The summed E-state index contributed by atoms with van der Waals surface area (Å²) >= 11 is 0. The maximum Gasteiger partial charge on any atom is 0.105 e. The molecule has 3 unspecified atom stereocenters. The van der Waals surface area contributed by atoms with Crippen molar-refractivity contribution in [1.82, 2.24) is 0 Å². The number of benzene rings is 1. The van der Waals surface area contributed by atoms with E-state index < -0.39 is 6.10 Å². The number of ether oxygens (including phenoxy) is 2. The van der Waals surface area contributed by atoms with Gasteiger partial charge in [0.1, 0.15) is 6.10 Å². The van der Waals surface area contributed by atoms with Gasteiger partial charge in [0.2, 0.25) is 0 Å². The molecule has 0 heterocycles. The first kappa shape index (κ1) is 14.2. The molecule has 3 heteroatoms. The van der Waals surface area contributed by atoms with Crippen molar-refractivity contribution in [2.75, 3.05) is 13.7 Å². The third kappa shape index (κ3) is 4.46. The van der Waals surface area contributed by atoms with Crippen molar-refractivity contribution in [3.8, 4) is 0 Å². The van der Waals surface area contributed by atoms with Gasteiger partial charge in [-0.05, 0) is 26.3 Å². The lowest BCUT2D eigenvalue weighted by molar-refractivity contribution is -0.0824. The Bertz CT molecular complexity index is 321. The van der Waals surface area contributed by atoms with Crippen LogP contribution in [0.4, 0.5) is 0 Å². The van der Waals surface area contributed by atoms with Gasteiger partial charge in [0, 0.05) is 7.11 Å². The zero-order chi connectivity index (χ0) is 12.8.